The van der Waals surface area contributed by atoms with E-state index in [9.17, 15) is 9.18 Å². The lowest BCUT2D eigenvalue weighted by Crippen LogP contribution is -2.41. The summed E-state index contributed by atoms with van der Waals surface area (Å²) < 4.78 is 32.6. The molecule has 0 bridgehead atoms. The van der Waals surface area contributed by atoms with Crippen LogP contribution in [0, 0.1) is 5.82 Å². The smallest absolute Gasteiger partial charge is 0.248 e. The van der Waals surface area contributed by atoms with Crippen molar-refractivity contribution in [2.45, 2.75) is 31.9 Å². The number of rotatable bonds is 12. The van der Waals surface area contributed by atoms with Gasteiger partial charge in [-0.1, -0.05) is 23.2 Å². The predicted octanol–water partition coefficient (Wildman–Crippen LogP) is 4.27. The molecule has 0 aliphatic carbocycles. The fourth-order valence-corrected chi connectivity index (χ4v) is 5.17. The summed E-state index contributed by atoms with van der Waals surface area (Å²) in [5, 5.41) is 4.74. The first kappa shape index (κ1) is 30.0. The van der Waals surface area contributed by atoms with Gasteiger partial charge in [0.1, 0.15) is 18.5 Å². The number of carbonyl (C=O) groups is 1. The van der Waals surface area contributed by atoms with Crippen molar-refractivity contribution >= 4 is 34.9 Å². The molecule has 1 saturated heterocycles. The number of hydrogen-bond acceptors (Lipinski definition) is 8. The molecule has 0 saturated carbocycles. The van der Waals surface area contributed by atoms with Crippen molar-refractivity contribution in [3.05, 3.63) is 58.2 Å². The predicted molar refractivity (Wildman–Crippen MR) is 151 cm³/mol. The molecule has 4 N–H and O–H groups in total. The van der Waals surface area contributed by atoms with Crippen molar-refractivity contribution in [3.63, 3.8) is 0 Å². The van der Waals surface area contributed by atoms with E-state index in [2.05, 4.69) is 10.1 Å². The van der Waals surface area contributed by atoms with Crippen molar-refractivity contribution in [2.75, 3.05) is 51.8 Å². The number of nitrogens with two attached hydrogens (primary N) is 2. The number of hydrogen-bond donors (Lipinski definition) is 2. The molecule has 0 spiro atoms. The highest BCUT2D eigenvalue weighted by Gasteiger charge is 2.25. The molecule has 2 aromatic heterocycles. The molecule has 216 valence electrons. The average molecular weight is 596 g/mol. The molecule has 1 aliphatic rings. The zero-order valence-corrected chi connectivity index (χ0v) is 23.7. The number of aromatic nitrogens is 3. The number of piperidine rings is 1. The van der Waals surface area contributed by atoms with Gasteiger partial charge >= 0.3 is 0 Å². The van der Waals surface area contributed by atoms with E-state index in [1.165, 1.54) is 12.1 Å². The van der Waals surface area contributed by atoms with Gasteiger partial charge in [-0.2, -0.15) is 5.10 Å². The quantitative estimate of drug-likeness (QED) is 0.235. The Kier molecular flexibility index (Phi) is 10.6. The summed E-state index contributed by atoms with van der Waals surface area (Å²) in [6.07, 6.45) is 6.19. The summed E-state index contributed by atoms with van der Waals surface area (Å²) in [7, 11) is 0. The van der Waals surface area contributed by atoms with Gasteiger partial charge in [0.25, 0.3) is 0 Å². The molecular weight excluding hydrogens is 562 g/mol. The highest BCUT2D eigenvalue weighted by Crippen LogP contribution is 2.37. The molecule has 3 aromatic rings. The number of benzene rings is 1. The minimum absolute atomic E-state index is 0.0334. The van der Waals surface area contributed by atoms with Gasteiger partial charge in [0.15, 0.2) is 11.6 Å². The van der Waals surface area contributed by atoms with E-state index in [4.69, 9.17) is 48.9 Å². The Morgan fingerprint density at radius 3 is 2.65 bits per heavy atom. The first-order valence-corrected chi connectivity index (χ1v) is 13.8. The van der Waals surface area contributed by atoms with Gasteiger partial charge in [-0.25, -0.2) is 9.37 Å². The first-order chi connectivity index (χ1) is 19.3. The molecular formula is C27H33Cl2FN6O4. The maximum absolute atomic E-state index is 14.0. The maximum atomic E-state index is 14.0. The van der Waals surface area contributed by atoms with E-state index in [0.717, 1.165) is 24.0 Å². The Labute approximate surface area is 242 Å². The summed E-state index contributed by atoms with van der Waals surface area (Å²) in [5.41, 5.74) is 13.3. The van der Waals surface area contributed by atoms with Crippen LogP contribution in [0.4, 0.5) is 10.2 Å². The van der Waals surface area contributed by atoms with Crippen molar-refractivity contribution in [3.8, 4) is 16.9 Å². The Bertz CT molecular complexity index is 1300. The number of halogens is 3. The van der Waals surface area contributed by atoms with Crippen molar-refractivity contribution in [2.24, 2.45) is 5.73 Å². The van der Waals surface area contributed by atoms with Gasteiger partial charge < -0.3 is 30.6 Å². The highest BCUT2D eigenvalue weighted by atomic mass is 35.5. The minimum Gasteiger partial charge on any atom is -0.482 e. The zero-order valence-electron chi connectivity index (χ0n) is 22.2. The van der Waals surface area contributed by atoms with Gasteiger partial charge in [-0.15, -0.1) is 0 Å². The summed E-state index contributed by atoms with van der Waals surface area (Å²) in [5.74, 6) is -0.129. The number of anilines is 1. The molecule has 1 atom stereocenters. The normalized spacial score (nSPS) is 14.9. The number of amides is 1. The molecule has 3 heterocycles. The lowest BCUT2D eigenvalue weighted by Gasteiger charge is -2.32. The highest BCUT2D eigenvalue weighted by molar-refractivity contribution is 6.36. The van der Waals surface area contributed by atoms with Crippen molar-refractivity contribution < 1.29 is 23.4 Å². The second-order valence-corrected chi connectivity index (χ2v) is 10.2. The van der Waals surface area contributed by atoms with Crippen LogP contribution < -0.4 is 16.2 Å². The summed E-state index contributed by atoms with van der Waals surface area (Å²) in [6, 6.07) is 4.54. The molecule has 4 rings (SSSR count). The van der Waals surface area contributed by atoms with Crippen LogP contribution in [0.5, 0.6) is 5.75 Å². The number of carbonyl (C=O) groups excluding carboxylic acids is 1. The van der Waals surface area contributed by atoms with E-state index in [0.29, 0.717) is 50.8 Å². The first-order valence-electron chi connectivity index (χ1n) is 13.0. The number of likely N-dealkylation sites (tertiary alicyclic amines) is 1. The number of pyridine rings is 1. The largest absolute Gasteiger partial charge is 0.482 e. The van der Waals surface area contributed by atoms with Crippen LogP contribution in [0.3, 0.4) is 0 Å². The lowest BCUT2D eigenvalue weighted by molar-refractivity contribution is -0.138. The fraction of sp³-hybridized carbons (Fsp3) is 0.444. The van der Waals surface area contributed by atoms with Crippen LogP contribution in [-0.2, 0) is 14.3 Å². The van der Waals surface area contributed by atoms with E-state index in [1.807, 2.05) is 15.8 Å². The van der Waals surface area contributed by atoms with Crippen LogP contribution >= 0.6 is 23.2 Å². The van der Waals surface area contributed by atoms with E-state index in [-0.39, 0.29) is 34.4 Å². The third-order valence-electron chi connectivity index (χ3n) is 6.66. The van der Waals surface area contributed by atoms with Gasteiger partial charge in [0.05, 0.1) is 37.1 Å². The zero-order chi connectivity index (χ0) is 28.6. The maximum Gasteiger partial charge on any atom is 0.248 e. The molecule has 10 nitrogen and oxygen atoms in total. The van der Waals surface area contributed by atoms with E-state index < -0.39 is 11.9 Å². The Morgan fingerprint density at radius 1 is 1.15 bits per heavy atom. The molecule has 40 heavy (non-hydrogen) atoms. The van der Waals surface area contributed by atoms with E-state index >= 15 is 0 Å². The number of ether oxygens (including phenoxy) is 3. The number of nitrogen functional groups attached to an aromatic ring is 1. The second kappa shape index (κ2) is 14.1. The van der Waals surface area contributed by atoms with Crippen LogP contribution in [0.25, 0.3) is 11.1 Å². The lowest BCUT2D eigenvalue weighted by atomic mass is 10.1. The molecule has 1 aromatic carbocycles. The Balaban J connectivity index is 1.34. The second-order valence-electron chi connectivity index (χ2n) is 9.40. The van der Waals surface area contributed by atoms with Crippen LogP contribution in [-0.4, -0.2) is 71.6 Å². The minimum atomic E-state index is -0.680. The topological polar surface area (TPSA) is 131 Å². The molecule has 13 heteroatoms. The summed E-state index contributed by atoms with van der Waals surface area (Å²) in [6.45, 7) is 4.69. The summed E-state index contributed by atoms with van der Waals surface area (Å²) >= 11 is 12.4. The van der Waals surface area contributed by atoms with Gasteiger partial charge in [0.2, 0.25) is 5.91 Å². The van der Waals surface area contributed by atoms with Crippen molar-refractivity contribution in [1.29, 1.82) is 0 Å². The molecule has 1 aliphatic heterocycles. The van der Waals surface area contributed by atoms with Gasteiger partial charge in [-0.05, 0) is 38.0 Å². The SMILES string of the molecule is CC(Oc1cc(-c2cnn(C3CCN(C(=O)COCCOCCN)CC3)c2)cnc1N)c1c(Cl)ccc(F)c1Cl. The van der Waals surface area contributed by atoms with Crippen LogP contribution in [0.15, 0.2) is 36.8 Å². The molecule has 1 fully saturated rings. The standard InChI is InChI=1S/C27H33Cl2FN6O4/c1-17(25-21(28)2-3-22(30)26(25)29)40-23-12-18(13-33-27(23)32)19-14-34-36(15-19)20-4-7-35(8-5-20)24(37)16-39-11-10-38-9-6-31/h2-3,12-15,17,20H,4-11,16,31H2,1H3,(H2,32,33). The van der Waals surface area contributed by atoms with Crippen LogP contribution in [0.2, 0.25) is 10.0 Å². The van der Waals surface area contributed by atoms with Crippen molar-refractivity contribution in [1.82, 2.24) is 19.7 Å². The molecule has 0 radical (unpaired) electrons. The Morgan fingerprint density at radius 2 is 1.90 bits per heavy atom. The van der Waals surface area contributed by atoms with Gasteiger partial charge in [-0.3, -0.25) is 9.48 Å². The average Bonchev–Trinajstić information content (AvgIpc) is 3.44. The third-order valence-corrected chi connectivity index (χ3v) is 7.37. The molecule has 1 unspecified atom stereocenters. The van der Waals surface area contributed by atoms with Gasteiger partial charge in [0, 0.05) is 53.7 Å². The fourth-order valence-electron chi connectivity index (χ4n) is 4.49. The summed E-state index contributed by atoms with van der Waals surface area (Å²) in [4.78, 5) is 18.5. The Hall–Kier alpha value is -2.96. The monoisotopic (exact) mass is 594 g/mol. The van der Waals surface area contributed by atoms with Crippen LogP contribution in [0.1, 0.15) is 37.5 Å². The van der Waals surface area contributed by atoms with E-state index in [1.54, 1.807) is 25.4 Å². The third kappa shape index (κ3) is 7.41. The molecule has 1 amide bonds. The number of nitrogens with zero attached hydrogens (tertiary/aromatic N) is 4.